The van der Waals surface area contributed by atoms with E-state index in [1.165, 1.54) is 0 Å². The van der Waals surface area contributed by atoms with Crippen LogP contribution in [-0.4, -0.2) is 50.4 Å². The fourth-order valence-electron chi connectivity index (χ4n) is 2.07. The van der Waals surface area contributed by atoms with Gasteiger partial charge < -0.3 is 19.6 Å². The van der Waals surface area contributed by atoms with Crippen LogP contribution in [0.2, 0.25) is 18.1 Å². The maximum atomic E-state index is 12.2. The molecular formula is C17H36N4O4Si. The number of ether oxygens (including phenoxy) is 1. The predicted molar refractivity (Wildman–Crippen MR) is 105 cm³/mol. The molecule has 0 aliphatic heterocycles. The molecule has 0 heterocycles. The average Bonchev–Trinajstić information content (AvgIpc) is 2.45. The average molecular weight is 389 g/mol. The molecule has 2 N–H and O–H groups in total. The highest BCUT2D eigenvalue weighted by atomic mass is 28.4. The quantitative estimate of drug-likeness (QED) is 0.280. The number of hydrogen-bond donors (Lipinski definition) is 2. The molecule has 8 nitrogen and oxygen atoms in total. The van der Waals surface area contributed by atoms with Crippen molar-refractivity contribution in [2.45, 2.75) is 84.3 Å². The Morgan fingerprint density at radius 1 is 1.27 bits per heavy atom. The topological polar surface area (TPSA) is 117 Å². The number of alkyl carbamates (subject to hydrolysis) is 1. The van der Waals surface area contributed by atoms with Crippen LogP contribution in [0.3, 0.4) is 0 Å². The number of rotatable bonds is 8. The highest BCUT2D eigenvalue weighted by Gasteiger charge is 2.42. The summed E-state index contributed by atoms with van der Waals surface area (Å²) in [5, 5.41) is 16.2. The number of aliphatic hydroxyl groups excluding tert-OH is 1. The van der Waals surface area contributed by atoms with Gasteiger partial charge in [-0.15, -0.1) is 0 Å². The zero-order valence-corrected chi connectivity index (χ0v) is 18.7. The standard InChI is InChI=1S/C17H36N4O4Si/c1-12(10-19-21-18)14(25-26(8,9)17(5,6)7)13(11-22)20-15(23)24-16(2,3)4/h12-14,22H,10-11H2,1-9H3,(H,20,23)/t12-,13+,14?/m0/s1. The lowest BCUT2D eigenvalue weighted by molar-refractivity contribution is 0.0278. The third-order valence-corrected chi connectivity index (χ3v) is 9.00. The van der Waals surface area contributed by atoms with Crippen LogP contribution >= 0.6 is 0 Å². The molecule has 0 fully saturated rings. The number of aliphatic hydroxyl groups is 1. The normalized spacial score (nSPS) is 16.2. The maximum absolute atomic E-state index is 12.2. The minimum atomic E-state index is -2.18. The van der Waals surface area contributed by atoms with Gasteiger partial charge in [0, 0.05) is 11.5 Å². The first-order valence-electron chi connectivity index (χ1n) is 8.93. The summed E-state index contributed by atoms with van der Waals surface area (Å²) in [4.78, 5) is 15.0. The van der Waals surface area contributed by atoms with Gasteiger partial charge in [0.15, 0.2) is 8.32 Å². The van der Waals surface area contributed by atoms with Crippen molar-refractivity contribution in [2.75, 3.05) is 13.2 Å². The van der Waals surface area contributed by atoms with Gasteiger partial charge in [-0.3, -0.25) is 0 Å². The molecule has 26 heavy (non-hydrogen) atoms. The molecule has 0 aromatic heterocycles. The van der Waals surface area contributed by atoms with E-state index in [0.717, 1.165) is 0 Å². The molecule has 0 rings (SSSR count). The monoisotopic (exact) mass is 388 g/mol. The van der Waals surface area contributed by atoms with Crippen molar-refractivity contribution < 1.29 is 19.1 Å². The molecule has 3 atom stereocenters. The second-order valence-electron chi connectivity index (χ2n) is 9.17. The Hall–Kier alpha value is -1.28. The molecule has 1 amide bonds. The summed E-state index contributed by atoms with van der Waals surface area (Å²) in [7, 11) is -2.18. The zero-order chi connectivity index (χ0) is 20.8. The first kappa shape index (κ1) is 24.7. The molecule has 0 aliphatic rings. The Labute approximate surface area is 158 Å². The van der Waals surface area contributed by atoms with E-state index in [0.29, 0.717) is 0 Å². The van der Waals surface area contributed by atoms with Gasteiger partial charge in [-0.2, -0.15) is 0 Å². The van der Waals surface area contributed by atoms with Crippen LogP contribution < -0.4 is 5.32 Å². The third kappa shape index (κ3) is 8.40. The van der Waals surface area contributed by atoms with Gasteiger partial charge in [-0.25, -0.2) is 4.79 Å². The number of nitrogens with one attached hydrogen (secondary N) is 1. The smallest absolute Gasteiger partial charge is 0.408 e. The molecule has 1 unspecified atom stereocenters. The molecule has 9 heteroatoms. The van der Waals surface area contributed by atoms with Gasteiger partial charge in [-0.05, 0) is 50.4 Å². The molecule has 0 spiro atoms. The van der Waals surface area contributed by atoms with E-state index >= 15 is 0 Å². The van der Waals surface area contributed by atoms with Crippen LogP contribution in [0.1, 0.15) is 48.5 Å². The number of nitrogens with zero attached hydrogens (tertiary/aromatic N) is 3. The van der Waals surface area contributed by atoms with Crippen molar-refractivity contribution in [1.82, 2.24) is 5.32 Å². The number of carbonyl (C=O) groups is 1. The summed E-state index contributed by atoms with van der Waals surface area (Å²) in [6.45, 7) is 17.6. The highest BCUT2D eigenvalue weighted by molar-refractivity contribution is 6.74. The lowest BCUT2D eigenvalue weighted by Crippen LogP contribution is -2.56. The second-order valence-corrected chi connectivity index (χ2v) is 13.9. The van der Waals surface area contributed by atoms with E-state index in [1.807, 2.05) is 6.92 Å². The third-order valence-electron chi connectivity index (χ3n) is 4.53. The van der Waals surface area contributed by atoms with Crippen LogP contribution in [0.25, 0.3) is 10.4 Å². The van der Waals surface area contributed by atoms with Crippen molar-refractivity contribution in [3.63, 3.8) is 0 Å². The minimum Gasteiger partial charge on any atom is -0.444 e. The Kier molecular flexibility index (Phi) is 9.12. The van der Waals surface area contributed by atoms with E-state index in [1.54, 1.807) is 20.8 Å². The van der Waals surface area contributed by atoms with Crippen molar-refractivity contribution in [3.05, 3.63) is 10.4 Å². The number of amides is 1. The summed E-state index contributed by atoms with van der Waals surface area (Å²) in [6, 6.07) is -0.664. The van der Waals surface area contributed by atoms with Gasteiger partial charge in [0.2, 0.25) is 0 Å². The minimum absolute atomic E-state index is 0.0462. The second kappa shape index (κ2) is 9.59. The SMILES string of the molecule is C[C@@H](CN=[N+]=[N-])C(O[Si](C)(C)C(C)(C)C)[C@@H](CO)NC(=O)OC(C)(C)C. The van der Waals surface area contributed by atoms with Gasteiger partial charge in [0.25, 0.3) is 0 Å². The molecule has 152 valence electrons. The van der Waals surface area contributed by atoms with E-state index in [-0.39, 0.29) is 24.1 Å². The fraction of sp³-hybridized carbons (Fsp3) is 0.941. The molecule has 0 saturated heterocycles. The largest absolute Gasteiger partial charge is 0.444 e. The Bertz CT molecular complexity index is 508. The zero-order valence-electron chi connectivity index (χ0n) is 17.7. The van der Waals surface area contributed by atoms with Crippen molar-refractivity contribution in [1.29, 1.82) is 0 Å². The molecule has 0 saturated carbocycles. The number of carbonyl (C=O) groups excluding carboxylic acids is 1. The van der Waals surface area contributed by atoms with E-state index in [9.17, 15) is 9.90 Å². The van der Waals surface area contributed by atoms with Gasteiger partial charge in [-0.1, -0.05) is 32.8 Å². The summed E-state index contributed by atoms with van der Waals surface area (Å²) in [5.41, 5.74) is 7.97. The van der Waals surface area contributed by atoms with Crippen LogP contribution in [-0.2, 0) is 9.16 Å². The number of azide groups is 1. The predicted octanol–water partition coefficient (Wildman–Crippen LogP) is 4.21. The Morgan fingerprint density at radius 2 is 1.81 bits per heavy atom. The lowest BCUT2D eigenvalue weighted by atomic mass is 9.98. The summed E-state index contributed by atoms with van der Waals surface area (Å²) in [6.07, 6.45) is -1.12. The van der Waals surface area contributed by atoms with Crippen LogP contribution in [0.4, 0.5) is 4.79 Å². The van der Waals surface area contributed by atoms with Crippen molar-refractivity contribution in [2.24, 2.45) is 11.0 Å². The van der Waals surface area contributed by atoms with E-state index in [4.69, 9.17) is 14.7 Å². The summed E-state index contributed by atoms with van der Waals surface area (Å²) < 4.78 is 11.8. The molecular weight excluding hydrogens is 352 g/mol. The Balaban J connectivity index is 5.51. The fourth-order valence-corrected chi connectivity index (χ4v) is 3.50. The van der Waals surface area contributed by atoms with Crippen molar-refractivity contribution in [3.8, 4) is 0 Å². The lowest BCUT2D eigenvalue weighted by Gasteiger charge is -2.43. The molecule has 0 aromatic rings. The first-order chi connectivity index (χ1) is 11.6. The number of hydrogen-bond acceptors (Lipinski definition) is 5. The molecule has 0 bridgehead atoms. The summed E-state index contributed by atoms with van der Waals surface area (Å²) in [5.74, 6) is -0.188. The Morgan fingerprint density at radius 3 is 2.19 bits per heavy atom. The maximum Gasteiger partial charge on any atom is 0.408 e. The van der Waals surface area contributed by atoms with Crippen LogP contribution in [0.5, 0.6) is 0 Å². The van der Waals surface area contributed by atoms with Crippen LogP contribution in [0.15, 0.2) is 5.11 Å². The first-order valence-corrected chi connectivity index (χ1v) is 11.8. The highest BCUT2D eigenvalue weighted by Crippen LogP contribution is 2.38. The van der Waals surface area contributed by atoms with E-state index in [2.05, 4.69) is 49.2 Å². The molecule has 0 radical (unpaired) electrons. The van der Waals surface area contributed by atoms with Crippen LogP contribution in [0, 0.1) is 5.92 Å². The van der Waals surface area contributed by atoms with Crippen molar-refractivity contribution >= 4 is 14.4 Å². The van der Waals surface area contributed by atoms with E-state index < -0.39 is 32.2 Å². The molecule has 0 aliphatic carbocycles. The molecule has 0 aromatic carbocycles. The van der Waals surface area contributed by atoms with Gasteiger partial charge in [0.05, 0.1) is 18.8 Å². The summed E-state index contributed by atoms with van der Waals surface area (Å²) >= 11 is 0. The van der Waals surface area contributed by atoms with Gasteiger partial charge in [0.1, 0.15) is 5.60 Å². The van der Waals surface area contributed by atoms with Gasteiger partial charge >= 0.3 is 6.09 Å².